The summed E-state index contributed by atoms with van der Waals surface area (Å²) in [5.74, 6) is 0.699. The van der Waals surface area contributed by atoms with Crippen LogP contribution in [0.15, 0.2) is 18.6 Å². The molecular weight excluding hydrogens is 304 g/mol. The zero-order chi connectivity index (χ0) is 16.3. The van der Waals surface area contributed by atoms with Gasteiger partial charge in [0.05, 0.1) is 12.9 Å². The number of hydrogen-bond donors (Lipinski definition) is 0. The minimum absolute atomic E-state index is 0.0667. The van der Waals surface area contributed by atoms with Gasteiger partial charge in [0, 0.05) is 18.3 Å². The number of ether oxygens (including phenoxy) is 1. The maximum atomic E-state index is 12.4. The minimum atomic E-state index is -3.36. The standard InChI is InChI=1S/C14H20N4O3S/c1-10(2)18-13(16-9-17-18)8-22(19,20)7-12-6-15-14(21-4)5-11(12)3/h5-6,9-10H,7-8H2,1-4H3. The van der Waals surface area contributed by atoms with Gasteiger partial charge in [0.2, 0.25) is 5.88 Å². The van der Waals surface area contributed by atoms with Crippen LogP contribution in [0, 0.1) is 6.92 Å². The molecule has 0 radical (unpaired) electrons. The van der Waals surface area contributed by atoms with E-state index in [1.807, 2.05) is 20.8 Å². The Morgan fingerprint density at radius 1 is 1.27 bits per heavy atom. The summed E-state index contributed by atoms with van der Waals surface area (Å²) in [5.41, 5.74) is 1.50. The van der Waals surface area contributed by atoms with E-state index in [4.69, 9.17) is 4.74 Å². The first-order chi connectivity index (χ1) is 10.3. The first kappa shape index (κ1) is 16.4. The number of methoxy groups -OCH3 is 1. The number of sulfone groups is 1. The smallest absolute Gasteiger partial charge is 0.213 e. The summed E-state index contributed by atoms with van der Waals surface area (Å²) < 4.78 is 31.5. The first-order valence-corrected chi connectivity index (χ1v) is 8.73. The van der Waals surface area contributed by atoms with E-state index < -0.39 is 9.84 Å². The number of rotatable bonds is 6. The van der Waals surface area contributed by atoms with Crippen molar-refractivity contribution < 1.29 is 13.2 Å². The van der Waals surface area contributed by atoms with Crippen molar-refractivity contribution in [1.82, 2.24) is 19.7 Å². The van der Waals surface area contributed by atoms with Crippen LogP contribution in [-0.4, -0.2) is 35.3 Å². The molecule has 0 N–H and O–H groups in total. The Kier molecular flexibility index (Phi) is 4.80. The van der Waals surface area contributed by atoms with Gasteiger partial charge >= 0.3 is 0 Å². The van der Waals surface area contributed by atoms with Crippen molar-refractivity contribution in [3.63, 3.8) is 0 Å². The number of aromatic nitrogens is 4. The van der Waals surface area contributed by atoms with Gasteiger partial charge < -0.3 is 4.74 Å². The summed E-state index contributed by atoms with van der Waals surface area (Å²) in [6, 6.07) is 1.79. The lowest BCUT2D eigenvalue weighted by Crippen LogP contribution is -2.15. The molecule has 120 valence electrons. The van der Waals surface area contributed by atoms with Crippen LogP contribution in [0.5, 0.6) is 5.88 Å². The van der Waals surface area contributed by atoms with E-state index in [9.17, 15) is 8.42 Å². The predicted octanol–water partition coefficient (Wildman–Crippen LogP) is 1.69. The highest BCUT2D eigenvalue weighted by Crippen LogP contribution is 2.18. The fraction of sp³-hybridized carbons (Fsp3) is 0.500. The summed E-state index contributed by atoms with van der Waals surface area (Å²) >= 11 is 0. The Balaban J connectivity index is 2.19. The second-order valence-corrected chi connectivity index (χ2v) is 7.46. The molecule has 0 aliphatic carbocycles. The van der Waals surface area contributed by atoms with Crippen LogP contribution in [0.3, 0.4) is 0 Å². The van der Waals surface area contributed by atoms with Crippen molar-refractivity contribution in [3.8, 4) is 5.88 Å². The molecule has 2 aromatic heterocycles. The van der Waals surface area contributed by atoms with Crippen molar-refractivity contribution in [2.75, 3.05) is 7.11 Å². The molecule has 0 spiro atoms. The van der Waals surface area contributed by atoms with E-state index in [-0.39, 0.29) is 17.5 Å². The highest BCUT2D eigenvalue weighted by molar-refractivity contribution is 7.89. The third-order valence-electron chi connectivity index (χ3n) is 3.26. The summed E-state index contributed by atoms with van der Waals surface area (Å²) in [7, 11) is -1.84. The normalized spacial score (nSPS) is 11.9. The maximum absolute atomic E-state index is 12.4. The molecule has 0 unspecified atom stereocenters. The van der Waals surface area contributed by atoms with E-state index in [0.29, 0.717) is 17.3 Å². The van der Waals surface area contributed by atoms with Gasteiger partial charge in [0.25, 0.3) is 0 Å². The predicted molar refractivity (Wildman–Crippen MR) is 82.3 cm³/mol. The Labute approximate surface area is 130 Å². The molecule has 2 rings (SSSR count). The summed E-state index contributed by atoms with van der Waals surface area (Å²) in [4.78, 5) is 8.12. The van der Waals surface area contributed by atoms with Crippen molar-refractivity contribution in [3.05, 3.63) is 35.5 Å². The van der Waals surface area contributed by atoms with Gasteiger partial charge in [-0.15, -0.1) is 0 Å². The van der Waals surface area contributed by atoms with Crippen molar-refractivity contribution in [1.29, 1.82) is 0 Å². The molecule has 7 nitrogen and oxygen atoms in total. The van der Waals surface area contributed by atoms with Crippen LogP contribution < -0.4 is 4.74 Å². The fourth-order valence-electron chi connectivity index (χ4n) is 2.11. The second-order valence-electron chi connectivity index (χ2n) is 5.40. The lowest BCUT2D eigenvalue weighted by atomic mass is 10.2. The molecule has 0 amide bonds. The lowest BCUT2D eigenvalue weighted by molar-refractivity contribution is 0.397. The molecule has 0 fully saturated rings. The van der Waals surface area contributed by atoms with Gasteiger partial charge in [-0.05, 0) is 31.9 Å². The fourth-order valence-corrected chi connectivity index (χ4v) is 3.59. The lowest BCUT2D eigenvalue weighted by Gasteiger charge is -2.11. The Morgan fingerprint density at radius 3 is 2.59 bits per heavy atom. The van der Waals surface area contributed by atoms with E-state index in [2.05, 4.69) is 15.1 Å². The Hall–Kier alpha value is -1.96. The largest absolute Gasteiger partial charge is 0.481 e. The average molecular weight is 324 g/mol. The van der Waals surface area contributed by atoms with E-state index in [0.717, 1.165) is 5.56 Å². The molecule has 0 aliphatic rings. The number of hydrogen-bond acceptors (Lipinski definition) is 6. The molecule has 0 bridgehead atoms. The molecule has 22 heavy (non-hydrogen) atoms. The Bertz CT molecular complexity index is 753. The zero-order valence-electron chi connectivity index (χ0n) is 13.1. The van der Waals surface area contributed by atoms with Gasteiger partial charge in [-0.1, -0.05) is 0 Å². The third-order valence-corrected chi connectivity index (χ3v) is 4.71. The summed E-state index contributed by atoms with van der Waals surface area (Å²) in [5, 5.41) is 4.06. The molecule has 0 saturated carbocycles. The van der Waals surface area contributed by atoms with Crippen molar-refractivity contribution in [2.45, 2.75) is 38.3 Å². The summed E-state index contributed by atoms with van der Waals surface area (Å²) in [6.07, 6.45) is 2.92. The molecule has 2 aromatic rings. The van der Waals surface area contributed by atoms with Crippen LogP contribution >= 0.6 is 0 Å². The molecule has 0 aromatic carbocycles. The first-order valence-electron chi connectivity index (χ1n) is 6.90. The van der Waals surface area contributed by atoms with Crippen molar-refractivity contribution in [2.24, 2.45) is 0 Å². The number of nitrogens with zero attached hydrogens (tertiary/aromatic N) is 4. The van der Waals surface area contributed by atoms with Gasteiger partial charge in [0.1, 0.15) is 17.9 Å². The molecule has 0 atom stereocenters. The van der Waals surface area contributed by atoms with Crippen LogP contribution in [0.2, 0.25) is 0 Å². The maximum Gasteiger partial charge on any atom is 0.213 e. The highest BCUT2D eigenvalue weighted by Gasteiger charge is 2.19. The van der Waals surface area contributed by atoms with Crippen LogP contribution in [0.4, 0.5) is 0 Å². The zero-order valence-corrected chi connectivity index (χ0v) is 14.0. The molecule has 8 heteroatoms. The van der Waals surface area contributed by atoms with Crippen LogP contribution in [0.25, 0.3) is 0 Å². The van der Waals surface area contributed by atoms with Gasteiger partial charge in [-0.3, -0.25) is 0 Å². The second kappa shape index (κ2) is 6.43. The molecular formula is C14H20N4O3S. The van der Waals surface area contributed by atoms with Crippen molar-refractivity contribution >= 4 is 9.84 Å². The molecule has 2 heterocycles. The van der Waals surface area contributed by atoms with Crippen LogP contribution in [0.1, 0.15) is 36.8 Å². The molecule has 0 aliphatic heterocycles. The number of pyridine rings is 1. The SMILES string of the molecule is COc1cc(C)c(CS(=O)(=O)Cc2ncnn2C(C)C)cn1. The average Bonchev–Trinajstić information content (AvgIpc) is 2.88. The highest BCUT2D eigenvalue weighted by atomic mass is 32.2. The van der Waals surface area contributed by atoms with Crippen LogP contribution in [-0.2, 0) is 21.3 Å². The third kappa shape index (κ3) is 3.82. The molecule has 0 saturated heterocycles. The summed E-state index contributed by atoms with van der Waals surface area (Å²) in [6.45, 7) is 5.70. The number of aryl methyl sites for hydroxylation is 1. The monoisotopic (exact) mass is 324 g/mol. The Morgan fingerprint density at radius 2 is 2.00 bits per heavy atom. The van der Waals surface area contributed by atoms with Gasteiger partial charge in [-0.25, -0.2) is 23.1 Å². The van der Waals surface area contributed by atoms with E-state index >= 15 is 0 Å². The van der Waals surface area contributed by atoms with E-state index in [1.165, 1.54) is 13.4 Å². The quantitative estimate of drug-likeness (QED) is 0.803. The topological polar surface area (TPSA) is 87.0 Å². The van der Waals surface area contributed by atoms with Gasteiger partial charge in [-0.2, -0.15) is 5.10 Å². The van der Waals surface area contributed by atoms with Gasteiger partial charge in [0.15, 0.2) is 9.84 Å². The van der Waals surface area contributed by atoms with E-state index in [1.54, 1.807) is 16.9 Å². The minimum Gasteiger partial charge on any atom is -0.481 e.